The van der Waals surface area contributed by atoms with Gasteiger partial charge in [-0.3, -0.25) is 9.69 Å². The lowest BCUT2D eigenvalue weighted by molar-refractivity contribution is -0.124. The van der Waals surface area contributed by atoms with Gasteiger partial charge in [-0.1, -0.05) is 38.1 Å². The summed E-state index contributed by atoms with van der Waals surface area (Å²) in [5.74, 6) is 1.31. The first kappa shape index (κ1) is 17.7. The quantitative estimate of drug-likeness (QED) is 0.880. The number of carbonyl (C=O) groups excluding carboxylic acids is 1. The number of aromatic nitrogens is 2. The summed E-state index contributed by atoms with van der Waals surface area (Å²) in [7, 11) is 0. The minimum Gasteiger partial charge on any atom is -0.353 e. The third-order valence-electron chi connectivity index (χ3n) is 4.95. The van der Waals surface area contributed by atoms with Crippen LogP contribution in [0.25, 0.3) is 0 Å². The van der Waals surface area contributed by atoms with Gasteiger partial charge in [0.15, 0.2) is 0 Å². The molecule has 0 saturated carbocycles. The second-order valence-corrected chi connectivity index (χ2v) is 7.11. The summed E-state index contributed by atoms with van der Waals surface area (Å²) >= 11 is 0. The van der Waals surface area contributed by atoms with E-state index in [1.54, 1.807) is 6.20 Å². The van der Waals surface area contributed by atoms with Crippen LogP contribution in [0.5, 0.6) is 0 Å². The van der Waals surface area contributed by atoms with E-state index in [2.05, 4.69) is 53.3 Å². The molecular weight excluding hydrogens is 312 g/mol. The second-order valence-electron chi connectivity index (χ2n) is 7.11. The maximum atomic E-state index is 12.5. The molecule has 2 aromatic rings. The van der Waals surface area contributed by atoms with Crippen molar-refractivity contribution < 1.29 is 4.79 Å². The van der Waals surface area contributed by atoms with E-state index in [4.69, 9.17) is 0 Å². The van der Waals surface area contributed by atoms with E-state index < -0.39 is 0 Å². The predicted octanol–water partition coefficient (Wildman–Crippen LogP) is 2.74. The molecule has 1 aromatic carbocycles. The van der Waals surface area contributed by atoms with Crippen molar-refractivity contribution >= 4 is 5.91 Å². The molecule has 1 aromatic heterocycles. The lowest BCUT2D eigenvalue weighted by atomic mass is 10.00. The molecular formula is C20H28N4O. The van der Waals surface area contributed by atoms with Gasteiger partial charge >= 0.3 is 0 Å². The standard InChI is InChI=1S/C20H28N4O/c1-15(2)19-21-10-13-24(19)16(3)20(25)22-9-12-23-11-8-17-6-4-5-7-18(17)14-23/h4-7,10,13,15-16H,8-9,11-12,14H2,1-3H3,(H,22,25)/t16-/m0/s1. The Labute approximate surface area is 150 Å². The van der Waals surface area contributed by atoms with Gasteiger partial charge in [0.25, 0.3) is 0 Å². The van der Waals surface area contributed by atoms with Crippen molar-refractivity contribution in [3.63, 3.8) is 0 Å². The van der Waals surface area contributed by atoms with Crippen LogP contribution in [0.15, 0.2) is 36.7 Å². The van der Waals surface area contributed by atoms with Gasteiger partial charge in [-0.25, -0.2) is 4.98 Å². The smallest absolute Gasteiger partial charge is 0.242 e. The highest BCUT2D eigenvalue weighted by molar-refractivity contribution is 5.79. The molecule has 2 heterocycles. The number of imidazole rings is 1. The number of carbonyl (C=O) groups is 1. The molecule has 1 amide bonds. The molecule has 0 fully saturated rings. The zero-order valence-corrected chi connectivity index (χ0v) is 15.4. The Morgan fingerprint density at radius 3 is 2.76 bits per heavy atom. The summed E-state index contributed by atoms with van der Waals surface area (Å²) in [4.78, 5) is 19.3. The minimum atomic E-state index is -0.234. The number of nitrogens with one attached hydrogen (secondary N) is 1. The van der Waals surface area contributed by atoms with Crippen molar-refractivity contribution in [3.8, 4) is 0 Å². The third kappa shape index (κ3) is 4.10. The third-order valence-corrected chi connectivity index (χ3v) is 4.95. The van der Waals surface area contributed by atoms with Crippen LogP contribution in [-0.4, -0.2) is 40.0 Å². The van der Waals surface area contributed by atoms with Crippen LogP contribution in [0.1, 0.15) is 49.7 Å². The molecule has 5 nitrogen and oxygen atoms in total. The monoisotopic (exact) mass is 340 g/mol. The average molecular weight is 340 g/mol. The Morgan fingerprint density at radius 2 is 2.00 bits per heavy atom. The summed E-state index contributed by atoms with van der Waals surface area (Å²) in [6, 6.07) is 8.39. The van der Waals surface area contributed by atoms with Gasteiger partial charge < -0.3 is 9.88 Å². The molecule has 25 heavy (non-hydrogen) atoms. The maximum Gasteiger partial charge on any atom is 0.242 e. The van der Waals surface area contributed by atoms with E-state index in [0.717, 1.165) is 31.9 Å². The van der Waals surface area contributed by atoms with Crippen LogP contribution < -0.4 is 5.32 Å². The van der Waals surface area contributed by atoms with Crippen molar-refractivity contribution in [2.45, 2.75) is 45.7 Å². The van der Waals surface area contributed by atoms with Gasteiger partial charge in [-0.2, -0.15) is 0 Å². The van der Waals surface area contributed by atoms with E-state index in [-0.39, 0.29) is 11.9 Å². The van der Waals surface area contributed by atoms with Crippen molar-refractivity contribution in [2.75, 3.05) is 19.6 Å². The van der Waals surface area contributed by atoms with Gasteiger partial charge in [-0.05, 0) is 24.5 Å². The van der Waals surface area contributed by atoms with E-state index in [0.29, 0.717) is 12.5 Å². The molecule has 1 aliphatic heterocycles. The first-order valence-electron chi connectivity index (χ1n) is 9.16. The van der Waals surface area contributed by atoms with E-state index >= 15 is 0 Å². The molecule has 134 valence electrons. The molecule has 0 bridgehead atoms. The number of amides is 1. The van der Waals surface area contributed by atoms with Gasteiger partial charge in [0, 0.05) is 44.5 Å². The molecule has 1 aliphatic rings. The van der Waals surface area contributed by atoms with Gasteiger partial charge in [0.05, 0.1) is 0 Å². The molecule has 0 spiro atoms. The predicted molar refractivity (Wildman–Crippen MR) is 99.5 cm³/mol. The van der Waals surface area contributed by atoms with E-state index in [1.165, 1.54) is 11.1 Å². The summed E-state index contributed by atoms with van der Waals surface area (Å²) in [5, 5.41) is 3.08. The number of fused-ring (bicyclic) bond motifs is 1. The lowest BCUT2D eigenvalue weighted by Gasteiger charge is -2.29. The van der Waals surface area contributed by atoms with Crippen LogP contribution in [-0.2, 0) is 17.8 Å². The molecule has 0 aliphatic carbocycles. The van der Waals surface area contributed by atoms with Crippen molar-refractivity contribution in [2.24, 2.45) is 0 Å². The molecule has 0 unspecified atom stereocenters. The zero-order chi connectivity index (χ0) is 17.8. The number of benzene rings is 1. The Balaban J connectivity index is 1.49. The van der Waals surface area contributed by atoms with Crippen LogP contribution in [0.4, 0.5) is 0 Å². The Bertz CT molecular complexity index is 722. The Morgan fingerprint density at radius 1 is 1.24 bits per heavy atom. The second kappa shape index (κ2) is 7.83. The van der Waals surface area contributed by atoms with Crippen molar-refractivity contribution in [1.29, 1.82) is 0 Å². The number of hydrogen-bond acceptors (Lipinski definition) is 3. The lowest BCUT2D eigenvalue weighted by Crippen LogP contribution is -2.39. The fraction of sp³-hybridized carbons (Fsp3) is 0.500. The van der Waals surface area contributed by atoms with Gasteiger partial charge in [-0.15, -0.1) is 0 Å². The van der Waals surface area contributed by atoms with E-state index in [9.17, 15) is 4.79 Å². The Kier molecular flexibility index (Phi) is 5.53. The highest BCUT2D eigenvalue weighted by Crippen LogP contribution is 2.18. The fourth-order valence-corrected chi connectivity index (χ4v) is 3.46. The summed E-state index contributed by atoms with van der Waals surface area (Å²) in [6.07, 6.45) is 4.75. The number of rotatable bonds is 6. The topological polar surface area (TPSA) is 50.2 Å². The summed E-state index contributed by atoms with van der Waals surface area (Å²) < 4.78 is 1.97. The average Bonchev–Trinajstić information content (AvgIpc) is 3.11. The normalized spacial score (nSPS) is 15.8. The fourth-order valence-electron chi connectivity index (χ4n) is 3.46. The SMILES string of the molecule is CC(C)c1nccn1[C@@H](C)C(=O)NCCN1CCc2ccccc2C1. The summed E-state index contributed by atoms with van der Waals surface area (Å²) in [6.45, 7) is 9.71. The number of nitrogens with zero attached hydrogens (tertiary/aromatic N) is 3. The van der Waals surface area contributed by atoms with Crippen LogP contribution in [0, 0.1) is 0 Å². The molecule has 1 N–H and O–H groups in total. The summed E-state index contributed by atoms with van der Waals surface area (Å²) in [5.41, 5.74) is 2.87. The highest BCUT2D eigenvalue weighted by Gasteiger charge is 2.20. The molecule has 1 atom stereocenters. The van der Waals surface area contributed by atoms with Gasteiger partial charge in [0.1, 0.15) is 11.9 Å². The molecule has 0 radical (unpaired) electrons. The zero-order valence-electron chi connectivity index (χ0n) is 15.4. The first-order valence-corrected chi connectivity index (χ1v) is 9.16. The highest BCUT2D eigenvalue weighted by atomic mass is 16.2. The molecule has 5 heteroatoms. The molecule has 0 saturated heterocycles. The van der Waals surface area contributed by atoms with Gasteiger partial charge in [0.2, 0.25) is 5.91 Å². The van der Waals surface area contributed by atoms with E-state index in [1.807, 2.05) is 17.7 Å². The molecule has 3 rings (SSSR count). The van der Waals surface area contributed by atoms with Crippen LogP contribution in [0.3, 0.4) is 0 Å². The van der Waals surface area contributed by atoms with Crippen LogP contribution in [0.2, 0.25) is 0 Å². The number of hydrogen-bond donors (Lipinski definition) is 1. The minimum absolute atomic E-state index is 0.0531. The van der Waals surface area contributed by atoms with Crippen molar-refractivity contribution in [1.82, 2.24) is 19.8 Å². The maximum absolute atomic E-state index is 12.5. The largest absolute Gasteiger partial charge is 0.353 e. The van der Waals surface area contributed by atoms with Crippen LogP contribution >= 0.6 is 0 Å². The Hall–Kier alpha value is -2.14. The van der Waals surface area contributed by atoms with Crippen molar-refractivity contribution in [3.05, 3.63) is 53.6 Å². The first-order chi connectivity index (χ1) is 12.1.